The number of hydrogen-bond acceptors (Lipinski definition) is 6. The molecule has 0 aliphatic carbocycles. The highest BCUT2D eigenvalue weighted by Crippen LogP contribution is 2.17. The molecule has 0 radical (unpaired) electrons. The zero-order valence-corrected chi connectivity index (χ0v) is 18.2. The third-order valence-electron chi connectivity index (χ3n) is 4.56. The van der Waals surface area contributed by atoms with Crippen molar-refractivity contribution >= 4 is 29.2 Å². The summed E-state index contributed by atoms with van der Waals surface area (Å²) in [6.45, 7) is 4.83. The molecule has 0 fully saturated rings. The van der Waals surface area contributed by atoms with Gasteiger partial charge in [0.1, 0.15) is 6.61 Å². The zero-order valence-electron chi connectivity index (χ0n) is 17.4. The summed E-state index contributed by atoms with van der Waals surface area (Å²) >= 11 is 5.92. The minimum Gasteiger partial charge on any atom is -0.460 e. The molecule has 0 unspecified atom stereocenters. The molecule has 2 N–H and O–H groups in total. The maximum atomic E-state index is 12.6. The van der Waals surface area contributed by atoms with Crippen LogP contribution in [0, 0.1) is 6.92 Å². The first-order valence-corrected chi connectivity index (χ1v) is 10.3. The summed E-state index contributed by atoms with van der Waals surface area (Å²) < 4.78 is 10.3. The van der Waals surface area contributed by atoms with Crippen LogP contribution >= 0.6 is 11.6 Å². The molecule has 0 atom stereocenters. The van der Waals surface area contributed by atoms with E-state index in [4.69, 9.17) is 21.1 Å². The Kier molecular flexibility index (Phi) is 7.81. The van der Waals surface area contributed by atoms with Crippen molar-refractivity contribution in [3.8, 4) is 0 Å². The molecule has 1 heterocycles. The quantitative estimate of drug-likeness (QED) is 0.380. The van der Waals surface area contributed by atoms with Crippen LogP contribution in [-0.4, -0.2) is 35.8 Å². The molecule has 3 aromatic rings. The Bertz CT molecular complexity index is 1080. The predicted octanol–water partition coefficient (Wildman–Crippen LogP) is 4.26. The summed E-state index contributed by atoms with van der Waals surface area (Å²) in [5.74, 6) is -0.0884. The molecule has 0 saturated carbocycles. The van der Waals surface area contributed by atoms with E-state index < -0.39 is 5.97 Å². The molecule has 31 heavy (non-hydrogen) atoms. The van der Waals surface area contributed by atoms with Gasteiger partial charge in [0.05, 0.1) is 17.9 Å². The number of nitrogens with zero attached hydrogens (tertiary/aromatic N) is 1. The smallest absolute Gasteiger partial charge is 0.338 e. The number of rotatable bonds is 9. The van der Waals surface area contributed by atoms with Crippen molar-refractivity contribution < 1.29 is 14.3 Å². The lowest BCUT2D eigenvalue weighted by atomic mass is 10.1. The number of benzene rings is 2. The third-order valence-corrected chi connectivity index (χ3v) is 4.82. The van der Waals surface area contributed by atoms with Gasteiger partial charge in [-0.1, -0.05) is 23.7 Å². The number of aromatic nitrogens is 2. The van der Waals surface area contributed by atoms with Gasteiger partial charge in [-0.25, -0.2) is 9.78 Å². The van der Waals surface area contributed by atoms with Gasteiger partial charge in [0, 0.05) is 29.3 Å². The standard InChI is InChI=1S/C23H24ClN3O4/c1-3-30-12-13-31-22(29)17-6-10-19(11-7-17)26-23-25-15(2)20(21(28)27-23)14-16-4-8-18(24)9-5-16/h4-11H,3,12-14H2,1-2H3,(H2,25,26,27,28). The molecule has 3 rings (SSSR count). The highest BCUT2D eigenvalue weighted by molar-refractivity contribution is 6.30. The van der Waals surface area contributed by atoms with Gasteiger partial charge < -0.3 is 14.8 Å². The molecule has 7 nitrogen and oxygen atoms in total. The van der Waals surface area contributed by atoms with Gasteiger partial charge >= 0.3 is 5.97 Å². The lowest BCUT2D eigenvalue weighted by Gasteiger charge is -2.10. The van der Waals surface area contributed by atoms with Crippen LogP contribution in [0.3, 0.4) is 0 Å². The molecular formula is C23H24ClN3O4. The van der Waals surface area contributed by atoms with E-state index in [0.717, 1.165) is 5.56 Å². The van der Waals surface area contributed by atoms with Gasteiger partial charge in [-0.3, -0.25) is 9.78 Å². The van der Waals surface area contributed by atoms with Gasteiger partial charge in [-0.2, -0.15) is 0 Å². The van der Waals surface area contributed by atoms with E-state index in [-0.39, 0.29) is 12.2 Å². The molecule has 0 aliphatic heterocycles. The number of anilines is 2. The van der Waals surface area contributed by atoms with Gasteiger partial charge in [0.25, 0.3) is 5.56 Å². The summed E-state index contributed by atoms with van der Waals surface area (Å²) in [6.07, 6.45) is 0.464. The topological polar surface area (TPSA) is 93.3 Å². The highest BCUT2D eigenvalue weighted by Gasteiger charge is 2.11. The number of hydrogen-bond donors (Lipinski definition) is 2. The van der Waals surface area contributed by atoms with Crippen LogP contribution in [0.15, 0.2) is 53.3 Å². The Hall–Kier alpha value is -3.16. The van der Waals surface area contributed by atoms with Crippen molar-refractivity contribution in [2.24, 2.45) is 0 Å². The van der Waals surface area contributed by atoms with Crippen molar-refractivity contribution in [1.82, 2.24) is 9.97 Å². The van der Waals surface area contributed by atoms with E-state index in [9.17, 15) is 9.59 Å². The van der Waals surface area contributed by atoms with Crippen molar-refractivity contribution in [1.29, 1.82) is 0 Å². The van der Waals surface area contributed by atoms with E-state index in [2.05, 4.69) is 15.3 Å². The number of halogens is 1. The van der Waals surface area contributed by atoms with Crippen LogP contribution in [0.2, 0.25) is 5.02 Å². The van der Waals surface area contributed by atoms with Crippen LogP contribution in [0.25, 0.3) is 0 Å². The fourth-order valence-electron chi connectivity index (χ4n) is 2.93. The van der Waals surface area contributed by atoms with E-state index in [0.29, 0.717) is 53.1 Å². The third kappa shape index (κ3) is 6.41. The molecule has 0 bridgehead atoms. The number of carbonyl (C=O) groups excluding carboxylic acids is 1. The van der Waals surface area contributed by atoms with Crippen LogP contribution in [-0.2, 0) is 15.9 Å². The fraction of sp³-hybridized carbons (Fsp3) is 0.261. The number of nitrogens with one attached hydrogen (secondary N) is 2. The largest absolute Gasteiger partial charge is 0.460 e. The minimum atomic E-state index is -0.416. The average molecular weight is 442 g/mol. The van der Waals surface area contributed by atoms with Crippen molar-refractivity contribution in [2.75, 3.05) is 25.1 Å². The summed E-state index contributed by atoms with van der Waals surface area (Å²) in [5.41, 5.74) is 3.11. The Balaban J connectivity index is 1.65. The van der Waals surface area contributed by atoms with Gasteiger partial charge in [-0.15, -0.1) is 0 Å². The number of carbonyl (C=O) groups is 1. The first-order chi connectivity index (χ1) is 15.0. The van der Waals surface area contributed by atoms with Crippen molar-refractivity contribution in [2.45, 2.75) is 20.3 Å². The number of aromatic amines is 1. The van der Waals surface area contributed by atoms with E-state index in [1.165, 1.54) is 0 Å². The molecule has 0 amide bonds. The molecule has 1 aromatic heterocycles. The van der Waals surface area contributed by atoms with E-state index >= 15 is 0 Å². The molecule has 0 saturated heterocycles. The SMILES string of the molecule is CCOCCOC(=O)c1ccc(Nc2nc(C)c(Cc3ccc(Cl)cc3)c(=O)[nH]2)cc1. The number of ether oxygens (including phenoxy) is 2. The van der Waals surface area contributed by atoms with E-state index in [1.807, 2.05) is 19.1 Å². The lowest BCUT2D eigenvalue weighted by Crippen LogP contribution is -2.18. The Labute approximate surface area is 185 Å². The van der Waals surface area contributed by atoms with Gasteiger partial charge in [0.15, 0.2) is 0 Å². The number of esters is 1. The fourth-order valence-corrected chi connectivity index (χ4v) is 3.06. The normalized spacial score (nSPS) is 10.7. The second-order valence-electron chi connectivity index (χ2n) is 6.82. The number of H-pyrrole nitrogens is 1. The minimum absolute atomic E-state index is 0.208. The Morgan fingerprint density at radius 2 is 1.81 bits per heavy atom. The van der Waals surface area contributed by atoms with Crippen molar-refractivity contribution in [3.05, 3.63) is 86.3 Å². The monoisotopic (exact) mass is 441 g/mol. The van der Waals surface area contributed by atoms with Gasteiger partial charge in [-0.05, 0) is 55.8 Å². The summed E-state index contributed by atoms with van der Waals surface area (Å²) in [4.78, 5) is 31.8. The maximum Gasteiger partial charge on any atom is 0.338 e. The second-order valence-corrected chi connectivity index (χ2v) is 7.25. The summed E-state index contributed by atoms with van der Waals surface area (Å²) in [7, 11) is 0. The number of aryl methyl sites for hydroxylation is 1. The summed E-state index contributed by atoms with van der Waals surface area (Å²) in [5, 5.41) is 3.70. The molecule has 0 spiro atoms. The average Bonchev–Trinajstić information content (AvgIpc) is 2.75. The molecular weight excluding hydrogens is 418 g/mol. The van der Waals surface area contributed by atoms with Crippen LogP contribution in [0.5, 0.6) is 0 Å². The lowest BCUT2D eigenvalue weighted by molar-refractivity contribution is 0.0335. The first-order valence-electron chi connectivity index (χ1n) is 9.92. The zero-order chi connectivity index (χ0) is 22.2. The summed E-state index contributed by atoms with van der Waals surface area (Å²) in [6, 6.07) is 14.1. The first kappa shape index (κ1) is 22.5. The van der Waals surface area contributed by atoms with Gasteiger partial charge in [0.2, 0.25) is 5.95 Å². The molecule has 0 aliphatic rings. The van der Waals surface area contributed by atoms with E-state index in [1.54, 1.807) is 43.3 Å². The Morgan fingerprint density at radius 3 is 2.45 bits per heavy atom. The molecule has 162 valence electrons. The highest BCUT2D eigenvalue weighted by atomic mass is 35.5. The second kappa shape index (κ2) is 10.7. The molecule has 8 heteroatoms. The molecule has 2 aromatic carbocycles. The maximum absolute atomic E-state index is 12.6. The van der Waals surface area contributed by atoms with Crippen LogP contribution < -0.4 is 10.9 Å². The predicted molar refractivity (Wildman–Crippen MR) is 120 cm³/mol. The van der Waals surface area contributed by atoms with Crippen LogP contribution in [0.4, 0.5) is 11.6 Å². The van der Waals surface area contributed by atoms with Crippen LogP contribution in [0.1, 0.15) is 34.1 Å². The Morgan fingerprint density at radius 1 is 1.10 bits per heavy atom. The van der Waals surface area contributed by atoms with Crippen molar-refractivity contribution in [3.63, 3.8) is 0 Å².